The second-order valence-electron chi connectivity index (χ2n) is 4.86. The van der Waals surface area contributed by atoms with Crippen molar-refractivity contribution in [3.63, 3.8) is 0 Å². The normalized spacial score (nSPS) is 36.7. The lowest BCUT2D eigenvalue weighted by Gasteiger charge is -2.29. The van der Waals surface area contributed by atoms with E-state index in [1.54, 1.807) is 0 Å². The Hall–Kier alpha value is -0.0800. The Kier molecular flexibility index (Phi) is 3.23. The Morgan fingerprint density at radius 3 is 2.62 bits per heavy atom. The van der Waals surface area contributed by atoms with Gasteiger partial charge in [0.05, 0.1) is 0 Å². The number of rotatable bonds is 2. The molecule has 0 aromatic rings. The van der Waals surface area contributed by atoms with Crippen molar-refractivity contribution in [2.45, 2.75) is 32.6 Å². The van der Waals surface area contributed by atoms with Gasteiger partial charge in [-0.1, -0.05) is 19.8 Å². The molecular formula is C11H22N2. The third-order valence-electron chi connectivity index (χ3n) is 3.59. The summed E-state index contributed by atoms with van der Waals surface area (Å²) in [6.07, 6.45) is 5.87. The largest absolute Gasteiger partial charge is 0.303 e. The Morgan fingerprint density at radius 2 is 2.00 bits per heavy atom. The number of hydrogen-bond donors (Lipinski definition) is 1. The van der Waals surface area contributed by atoms with Crippen LogP contribution in [0.1, 0.15) is 32.6 Å². The van der Waals surface area contributed by atoms with E-state index >= 15 is 0 Å². The van der Waals surface area contributed by atoms with Gasteiger partial charge < -0.3 is 5.32 Å². The average Bonchev–Trinajstić information content (AvgIpc) is 2.62. The van der Waals surface area contributed by atoms with Gasteiger partial charge in [0.1, 0.15) is 0 Å². The van der Waals surface area contributed by atoms with E-state index in [4.69, 9.17) is 0 Å². The molecule has 0 spiro atoms. The molecule has 1 saturated carbocycles. The van der Waals surface area contributed by atoms with Crippen molar-refractivity contribution in [1.29, 1.82) is 0 Å². The molecule has 2 rings (SSSR count). The molecule has 0 bridgehead atoms. The maximum Gasteiger partial charge on any atom is 0.0481 e. The van der Waals surface area contributed by atoms with Crippen molar-refractivity contribution in [2.24, 2.45) is 11.8 Å². The van der Waals surface area contributed by atoms with E-state index in [1.807, 2.05) is 0 Å². The maximum absolute atomic E-state index is 3.40. The molecule has 0 unspecified atom stereocenters. The summed E-state index contributed by atoms with van der Waals surface area (Å²) in [4.78, 5) is 2.57. The Bertz CT molecular complexity index is 144. The molecule has 0 aromatic carbocycles. The summed E-state index contributed by atoms with van der Waals surface area (Å²) in [5.74, 6) is 1.99. The number of nitrogens with zero attached hydrogens (tertiary/aromatic N) is 1. The molecule has 13 heavy (non-hydrogen) atoms. The van der Waals surface area contributed by atoms with Gasteiger partial charge in [-0.25, -0.2) is 0 Å². The smallest absolute Gasteiger partial charge is 0.0481 e. The third kappa shape index (κ3) is 2.68. The van der Waals surface area contributed by atoms with Gasteiger partial charge in [0.25, 0.3) is 0 Å². The molecule has 0 aromatic heterocycles. The molecule has 0 atom stereocenters. The molecule has 76 valence electrons. The predicted octanol–water partition coefficient (Wildman–Crippen LogP) is 1.68. The fraction of sp³-hybridized carbons (Fsp3) is 1.00. The highest BCUT2D eigenvalue weighted by atomic mass is 15.3. The zero-order valence-electron chi connectivity index (χ0n) is 8.76. The van der Waals surface area contributed by atoms with Crippen molar-refractivity contribution < 1.29 is 0 Å². The highest BCUT2D eigenvalue weighted by molar-refractivity contribution is 4.75. The fourth-order valence-electron chi connectivity index (χ4n) is 2.59. The van der Waals surface area contributed by atoms with Crippen LogP contribution in [0.25, 0.3) is 0 Å². The second kappa shape index (κ2) is 4.43. The van der Waals surface area contributed by atoms with Gasteiger partial charge in [0.15, 0.2) is 0 Å². The van der Waals surface area contributed by atoms with Crippen LogP contribution in [0, 0.1) is 11.8 Å². The van der Waals surface area contributed by atoms with Crippen LogP contribution in [0.4, 0.5) is 0 Å². The van der Waals surface area contributed by atoms with Crippen LogP contribution >= 0.6 is 0 Å². The standard InChI is InChI=1S/C11H22N2/c1-10-2-4-11(5-3-10)8-13-7-6-12-9-13/h10-12H,2-9H2,1H3. The van der Waals surface area contributed by atoms with Gasteiger partial charge >= 0.3 is 0 Å². The topological polar surface area (TPSA) is 15.3 Å². The molecule has 0 radical (unpaired) electrons. The monoisotopic (exact) mass is 182 g/mol. The fourth-order valence-corrected chi connectivity index (χ4v) is 2.59. The molecule has 1 saturated heterocycles. The third-order valence-corrected chi connectivity index (χ3v) is 3.59. The second-order valence-corrected chi connectivity index (χ2v) is 4.86. The van der Waals surface area contributed by atoms with Crippen molar-refractivity contribution in [1.82, 2.24) is 10.2 Å². The van der Waals surface area contributed by atoms with E-state index in [0.29, 0.717) is 0 Å². The van der Waals surface area contributed by atoms with E-state index in [0.717, 1.165) is 18.5 Å². The van der Waals surface area contributed by atoms with E-state index in [-0.39, 0.29) is 0 Å². The molecule has 0 amide bonds. The first-order valence-corrected chi connectivity index (χ1v) is 5.77. The number of hydrogen-bond acceptors (Lipinski definition) is 2. The van der Waals surface area contributed by atoms with Crippen molar-refractivity contribution >= 4 is 0 Å². The lowest BCUT2D eigenvalue weighted by atomic mass is 9.83. The van der Waals surface area contributed by atoms with E-state index in [2.05, 4.69) is 17.1 Å². The summed E-state index contributed by atoms with van der Waals surface area (Å²) in [6.45, 7) is 7.34. The van der Waals surface area contributed by atoms with Crippen LogP contribution in [-0.2, 0) is 0 Å². The summed E-state index contributed by atoms with van der Waals surface area (Å²) >= 11 is 0. The van der Waals surface area contributed by atoms with Crippen LogP contribution in [-0.4, -0.2) is 31.2 Å². The SMILES string of the molecule is CC1CCC(CN2CCNC2)CC1. The molecule has 2 heteroatoms. The van der Waals surface area contributed by atoms with Gasteiger partial charge in [0, 0.05) is 26.3 Å². The predicted molar refractivity (Wildman–Crippen MR) is 55.6 cm³/mol. The van der Waals surface area contributed by atoms with Crippen molar-refractivity contribution in [2.75, 3.05) is 26.3 Å². The highest BCUT2D eigenvalue weighted by Gasteiger charge is 2.21. The first-order valence-electron chi connectivity index (χ1n) is 5.77. The van der Waals surface area contributed by atoms with Gasteiger partial charge in [0.2, 0.25) is 0 Å². The zero-order valence-corrected chi connectivity index (χ0v) is 8.76. The molecule has 1 aliphatic carbocycles. The van der Waals surface area contributed by atoms with Crippen LogP contribution < -0.4 is 5.32 Å². The minimum absolute atomic E-state index is 0.993. The first kappa shape index (κ1) is 9.47. The lowest BCUT2D eigenvalue weighted by Crippen LogP contribution is -2.30. The molecule has 1 N–H and O–H groups in total. The Morgan fingerprint density at radius 1 is 1.23 bits per heavy atom. The minimum atomic E-state index is 0.993. The van der Waals surface area contributed by atoms with E-state index in [1.165, 1.54) is 45.3 Å². The van der Waals surface area contributed by atoms with Crippen LogP contribution in [0.2, 0.25) is 0 Å². The summed E-state index contributed by atoms with van der Waals surface area (Å²) in [6, 6.07) is 0. The molecular weight excluding hydrogens is 160 g/mol. The van der Waals surface area contributed by atoms with Gasteiger partial charge in [-0.05, 0) is 24.7 Å². The minimum Gasteiger partial charge on any atom is -0.303 e. The van der Waals surface area contributed by atoms with Gasteiger partial charge in [-0.3, -0.25) is 4.90 Å². The van der Waals surface area contributed by atoms with Crippen LogP contribution in [0.5, 0.6) is 0 Å². The van der Waals surface area contributed by atoms with Crippen molar-refractivity contribution in [3.8, 4) is 0 Å². The van der Waals surface area contributed by atoms with Crippen molar-refractivity contribution in [3.05, 3.63) is 0 Å². The Balaban J connectivity index is 1.69. The molecule has 1 heterocycles. The average molecular weight is 182 g/mol. The zero-order chi connectivity index (χ0) is 9.10. The van der Waals surface area contributed by atoms with E-state index < -0.39 is 0 Å². The van der Waals surface area contributed by atoms with Gasteiger partial charge in [-0.2, -0.15) is 0 Å². The lowest BCUT2D eigenvalue weighted by molar-refractivity contribution is 0.208. The summed E-state index contributed by atoms with van der Waals surface area (Å²) in [5, 5.41) is 3.40. The van der Waals surface area contributed by atoms with Crippen LogP contribution in [0.15, 0.2) is 0 Å². The molecule has 2 fully saturated rings. The summed E-state index contributed by atoms with van der Waals surface area (Å²) in [7, 11) is 0. The summed E-state index contributed by atoms with van der Waals surface area (Å²) in [5.41, 5.74) is 0. The van der Waals surface area contributed by atoms with Crippen LogP contribution in [0.3, 0.4) is 0 Å². The maximum atomic E-state index is 3.40. The molecule has 2 nitrogen and oxygen atoms in total. The quantitative estimate of drug-likeness (QED) is 0.699. The first-order chi connectivity index (χ1) is 6.34. The molecule has 1 aliphatic heterocycles. The highest BCUT2D eigenvalue weighted by Crippen LogP contribution is 2.28. The number of nitrogens with one attached hydrogen (secondary N) is 1. The summed E-state index contributed by atoms with van der Waals surface area (Å²) < 4.78 is 0. The molecule has 2 aliphatic rings. The van der Waals surface area contributed by atoms with Gasteiger partial charge in [-0.15, -0.1) is 0 Å². The Labute approximate surface area is 81.7 Å². The van der Waals surface area contributed by atoms with E-state index in [9.17, 15) is 0 Å².